The molecule has 1 heterocycles. The Kier molecular flexibility index (Phi) is 5.62. The Morgan fingerprint density at radius 1 is 1.09 bits per heavy atom. The fraction of sp³-hybridized carbons (Fsp3) is 0.188. The van der Waals surface area contributed by atoms with Gasteiger partial charge in [-0.05, 0) is 24.1 Å². The van der Waals surface area contributed by atoms with E-state index in [-0.39, 0.29) is 5.56 Å². The molecule has 0 amide bonds. The van der Waals surface area contributed by atoms with Crippen molar-refractivity contribution >= 4 is 11.9 Å². The highest BCUT2D eigenvalue weighted by Gasteiger charge is 2.16. The lowest BCUT2D eigenvalue weighted by molar-refractivity contribution is -0.153. The van der Waals surface area contributed by atoms with E-state index in [1.54, 1.807) is 18.3 Å². The van der Waals surface area contributed by atoms with Crippen molar-refractivity contribution < 1.29 is 19.1 Å². The maximum absolute atomic E-state index is 11.7. The van der Waals surface area contributed by atoms with Gasteiger partial charge in [0.1, 0.15) is 6.04 Å². The van der Waals surface area contributed by atoms with E-state index in [2.05, 4.69) is 4.98 Å². The van der Waals surface area contributed by atoms with Crippen LogP contribution in [0.5, 0.6) is 0 Å². The number of carbonyl (C=O) groups is 2. The first-order valence-electron chi connectivity index (χ1n) is 6.70. The van der Waals surface area contributed by atoms with E-state index in [0.717, 1.165) is 5.56 Å². The van der Waals surface area contributed by atoms with E-state index in [1.165, 1.54) is 6.20 Å². The maximum Gasteiger partial charge on any atom is 0.342 e. The number of ether oxygens (including phenoxy) is 2. The molecule has 0 bridgehead atoms. The predicted octanol–water partition coefficient (Wildman–Crippen LogP) is 1.31. The van der Waals surface area contributed by atoms with Crippen molar-refractivity contribution in [1.29, 1.82) is 0 Å². The van der Waals surface area contributed by atoms with Crippen LogP contribution < -0.4 is 5.73 Å². The van der Waals surface area contributed by atoms with Crippen LogP contribution in [0.4, 0.5) is 0 Å². The largest absolute Gasteiger partial charge is 0.427 e. The van der Waals surface area contributed by atoms with Gasteiger partial charge < -0.3 is 15.2 Å². The second-order valence-electron chi connectivity index (χ2n) is 4.55. The number of rotatable bonds is 6. The first-order valence-corrected chi connectivity index (χ1v) is 6.70. The maximum atomic E-state index is 11.7. The van der Waals surface area contributed by atoms with Gasteiger partial charge in [-0.15, -0.1) is 0 Å². The molecule has 6 heteroatoms. The minimum Gasteiger partial charge on any atom is -0.427 e. The minimum atomic E-state index is -0.806. The molecular formula is C16H16N2O4. The zero-order valence-corrected chi connectivity index (χ0v) is 11.8. The van der Waals surface area contributed by atoms with Crippen molar-refractivity contribution in [1.82, 2.24) is 4.98 Å². The Morgan fingerprint density at radius 2 is 1.86 bits per heavy atom. The molecule has 0 saturated carbocycles. The highest BCUT2D eigenvalue weighted by molar-refractivity contribution is 5.88. The van der Waals surface area contributed by atoms with Crippen molar-refractivity contribution in [3.05, 3.63) is 66.0 Å². The molecule has 0 aliphatic carbocycles. The molecule has 0 fully saturated rings. The molecule has 1 unspecified atom stereocenters. The molecule has 1 atom stereocenters. The molecule has 0 radical (unpaired) electrons. The average molecular weight is 300 g/mol. The normalized spacial score (nSPS) is 11.5. The first kappa shape index (κ1) is 15.7. The van der Waals surface area contributed by atoms with Crippen LogP contribution in [0.3, 0.4) is 0 Å². The van der Waals surface area contributed by atoms with Crippen LogP contribution >= 0.6 is 0 Å². The first-order chi connectivity index (χ1) is 10.7. The SMILES string of the molecule is NC(Cc1ccccc1)C(=O)OCOC(=O)c1cccnc1. The monoisotopic (exact) mass is 300 g/mol. The van der Waals surface area contributed by atoms with Gasteiger partial charge in [0.15, 0.2) is 0 Å². The summed E-state index contributed by atoms with van der Waals surface area (Å²) in [5, 5.41) is 0. The van der Waals surface area contributed by atoms with Crippen LogP contribution in [0.2, 0.25) is 0 Å². The summed E-state index contributed by atoms with van der Waals surface area (Å²) in [6.45, 7) is -0.477. The summed E-state index contributed by atoms with van der Waals surface area (Å²) in [6.07, 6.45) is 3.26. The van der Waals surface area contributed by atoms with Gasteiger partial charge in [-0.25, -0.2) is 4.79 Å². The van der Waals surface area contributed by atoms with E-state index in [1.807, 2.05) is 30.3 Å². The molecular weight excluding hydrogens is 284 g/mol. The third-order valence-electron chi connectivity index (χ3n) is 2.89. The van der Waals surface area contributed by atoms with Crippen LogP contribution in [-0.4, -0.2) is 29.8 Å². The number of esters is 2. The number of nitrogens with zero attached hydrogens (tertiary/aromatic N) is 1. The highest BCUT2D eigenvalue weighted by Crippen LogP contribution is 2.04. The number of carbonyl (C=O) groups excluding carboxylic acids is 2. The summed E-state index contributed by atoms with van der Waals surface area (Å²) in [5.74, 6) is -1.24. The molecule has 1 aromatic carbocycles. The number of pyridine rings is 1. The summed E-state index contributed by atoms with van der Waals surface area (Å²) in [6, 6.07) is 11.7. The summed E-state index contributed by atoms with van der Waals surface area (Å²) in [7, 11) is 0. The lowest BCUT2D eigenvalue weighted by Gasteiger charge is -2.11. The Labute approximate surface area is 127 Å². The Hall–Kier alpha value is -2.73. The fourth-order valence-electron chi connectivity index (χ4n) is 1.77. The van der Waals surface area contributed by atoms with Crippen molar-refractivity contribution in [2.45, 2.75) is 12.5 Å². The zero-order valence-electron chi connectivity index (χ0n) is 11.8. The molecule has 2 rings (SSSR count). The van der Waals surface area contributed by atoms with Gasteiger partial charge in [0.25, 0.3) is 0 Å². The van der Waals surface area contributed by atoms with E-state index in [0.29, 0.717) is 6.42 Å². The molecule has 2 aromatic rings. The second-order valence-corrected chi connectivity index (χ2v) is 4.55. The molecule has 22 heavy (non-hydrogen) atoms. The summed E-state index contributed by atoms with van der Waals surface area (Å²) in [5.41, 5.74) is 6.97. The van der Waals surface area contributed by atoms with E-state index < -0.39 is 24.8 Å². The molecule has 6 nitrogen and oxygen atoms in total. The van der Waals surface area contributed by atoms with E-state index >= 15 is 0 Å². The topological polar surface area (TPSA) is 91.5 Å². The number of hydrogen-bond acceptors (Lipinski definition) is 6. The van der Waals surface area contributed by atoms with Crippen LogP contribution in [0.25, 0.3) is 0 Å². The third-order valence-corrected chi connectivity index (χ3v) is 2.89. The van der Waals surface area contributed by atoms with Gasteiger partial charge in [0, 0.05) is 12.4 Å². The molecule has 0 aliphatic heterocycles. The van der Waals surface area contributed by atoms with Gasteiger partial charge in [-0.3, -0.25) is 9.78 Å². The van der Waals surface area contributed by atoms with Crippen molar-refractivity contribution in [2.24, 2.45) is 5.73 Å². The second kappa shape index (κ2) is 7.90. The van der Waals surface area contributed by atoms with Crippen LogP contribution in [0.1, 0.15) is 15.9 Å². The quantitative estimate of drug-likeness (QED) is 0.639. The fourth-order valence-corrected chi connectivity index (χ4v) is 1.77. The van der Waals surface area contributed by atoms with Crippen molar-refractivity contribution in [2.75, 3.05) is 6.79 Å². The summed E-state index contributed by atoms with van der Waals surface area (Å²) in [4.78, 5) is 27.1. The smallest absolute Gasteiger partial charge is 0.342 e. The lowest BCUT2D eigenvalue weighted by Crippen LogP contribution is -2.35. The lowest BCUT2D eigenvalue weighted by atomic mass is 10.1. The zero-order chi connectivity index (χ0) is 15.8. The van der Waals surface area contributed by atoms with Crippen molar-refractivity contribution in [3.8, 4) is 0 Å². The summed E-state index contributed by atoms with van der Waals surface area (Å²) < 4.78 is 9.66. The van der Waals surface area contributed by atoms with Crippen LogP contribution in [0.15, 0.2) is 54.9 Å². The van der Waals surface area contributed by atoms with Gasteiger partial charge in [0.05, 0.1) is 5.56 Å². The highest BCUT2D eigenvalue weighted by atomic mass is 16.7. The number of aromatic nitrogens is 1. The molecule has 2 N–H and O–H groups in total. The van der Waals surface area contributed by atoms with E-state index in [4.69, 9.17) is 15.2 Å². The van der Waals surface area contributed by atoms with Gasteiger partial charge in [-0.1, -0.05) is 30.3 Å². The molecule has 0 saturated heterocycles. The number of nitrogens with two attached hydrogens (primary N) is 1. The predicted molar refractivity (Wildman–Crippen MR) is 78.7 cm³/mol. The molecule has 1 aromatic heterocycles. The Bertz CT molecular complexity index is 617. The standard InChI is InChI=1S/C16H16N2O4/c17-14(9-12-5-2-1-3-6-12)16(20)22-11-21-15(19)13-7-4-8-18-10-13/h1-8,10,14H,9,11,17H2. The molecule has 0 aliphatic rings. The Morgan fingerprint density at radius 3 is 2.55 bits per heavy atom. The number of benzene rings is 1. The van der Waals surface area contributed by atoms with Gasteiger partial charge >= 0.3 is 11.9 Å². The minimum absolute atomic E-state index is 0.284. The summed E-state index contributed by atoms with van der Waals surface area (Å²) >= 11 is 0. The Balaban J connectivity index is 1.74. The number of hydrogen-bond donors (Lipinski definition) is 1. The van der Waals surface area contributed by atoms with Crippen molar-refractivity contribution in [3.63, 3.8) is 0 Å². The van der Waals surface area contributed by atoms with E-state index in [9.17, 15) is 9.59 Å². The molecule has 0 spiro atoms. The van der Waals surface area contributed by atoms with Gasteiger partial charge in [0.2, 0.25) is 6.79 Å². The van der Waals surface area contributed by atoms with Crippen LogP contribution in [0, 0.1) is 0 Å². The third kappa shape index (κ3) is 4.68. The molecule has 114 valence electrons. The van der Waals surface area contributed by atoms with Gasteiger partial charge in [-0.2, -0.15) is 0 Å². The van der Waals surface area contributed by atoms with Crippen LogP contribution in [-0.2, 0) is 20.7 Å². The average Bonchev–Trinajstić information content (AvgIpc) is 2.56.